The molecule has 0 spiro atoms. The molecule has 4 rings (SSSR count). The van der Waals surface area contributed by atoms with Gasteiger partial charge in [-0.3, -0.25) is 4.98 Å². The van der Waals surface area contributed by atoms with Crippen molar-refractivity contribution in [3.8, 4) is 17.6 Å². The van der Waals surface area contributed by atoms with Crippen LogP contribution < -0.4 is 19.5 Å². The number of ether oxygens (including phenoxy) is 2. The maximum absolute atomic E-state index is 11.3. The summed E-state index contributed by atoms with van der Waals surface area (Å²) in [5, 5.41) is 15.3. The summed E-state index contributed by atoms with van der Waals surface area (Å²) >= 11 is 8.20. The Hall–Kier alpha value is -3.50. The fourth-order valence-electron chi connectivity index (χ4n) is 4.18. The molecule has 10 nitrogen and oxygen atoms in total. The van der Waals surface area contributed by atoms with Gasteiger partial charge < -0.3 is 19.4 Å². The minimum atomic E-state index is -3.26. The lowest BCUT2D eigenvalue weighted by atomic mass is 10.1. The number of nitriles is 1. The van der Waals surface area contributed by atoms with Crippen molar-refractivity contribution in [2.45, 2.75) is 43.8 Å². The first-order chi connectivity index (χ1) is 19.5. The van der Waals surface area contributed by atoms with E-state index >= 15 is 0 Å². The number of sulfonamides is 1. The highest BCUT2D eigenvalue weighted by molar-refractivity contribution is 7.99. The van der Waals surface area contributed by atoms with E-state index < -0.39 is 10.0 Å². The highest BCUT2D eigenvalue weighted by Gasteiger charge is 2.17. The molecule has 0 fully saturated rings. The highest BCUT2D eigenvalue weighted by atomic mass is 35.5. The summed E-state index contributed by atoms with van der Waals surface area (Å²) in [5.41, 5.74) is 4.32. The number of nitrogens with zero attached hydrogens (tertiary/aromatic N) is 4. The Morgan fingerprint density at radius 1 is 1.20 bits per heavy atom. The zero-order valence-electron chi connectivity index (χ0n) is 23.4. The SMILES string of the molecule is CCn1c(Sc2ccc(Nc3c(C#N)cnc4cc(OCCCNS(C)(=O)=O)c(OC)cc34)cc2Cl)nc(C)c1C. The van der Waals surface area contributed by atoms with Gasteiger partial charge in [0, 0.05) is 47.0 Å². The summed E-state index contributed by atoms with van der Waals surface area (Å²) < 4.78 is 38.5. The molecule has 2 N–H and O–H groups in total. The Labute approximate surface area is 249 Å². The second kappa shape index (κ2) is 13.0. The van der Waals surface area contributed by atoms with Crippen LogP contribution in [0.5, 0.6) is 11.5 Å². The zero-order chi connectivity index (χ0) is 29.7. The summed E-state index contributed by atoms with van der Waals surface area (Å²) in [5.74, 6) is 0.915. The molecule has 13 heteroatoms. The predicted octanol–water partition coefficient (Wildman–Crippen LogP) is 5.81. The zero-order valence-corrected chi connectivity index (χ0v) is 25.8. The lowest BCUT2D eigenvalue weighted by Crippen LogP contribution is -2.24. The maximum Gasteiger partial charge on any atom is 0.208 e. The van der Waals surface area contributed by atoms with Gasteiger partial charge in [-0.25, -0.2) is 18.1 Å². The standard InChI is InChI=1S/C28H31ClN6O4S2/c1-6-35-18(3)17(2)33-28(35)40-26-9-8-20(12-22(26)29)34-27-19(15-30)16-31-23-14-25(24(38-4)13-21(23)27)39-11-7-10-32-41(5,36)37/h8-9,12-14,16,32H,6-7,10-11H2,1-5H3,(H,31,34). The Kier molecular flexibility index (Phi) is 9.65. The Bertz CT molecular complexity index is 1730. The molecule has 4 aromatic rings. The van der Waals surface area contributed by atoms with Crippen molar-refractivity contribution in [2.75, 3.05) is 31.8 Å². The summed E-state index contributed by atoms with van der Waals surface area (Å²) in [7, 11) is -1.73. The number of halogens is 1. The van der Waals surface area contributed by atoms with Gasteiger partial charge in [0.25, 0.3) is 0 Å². The monoisotopic (exact) mass is 614 g/mol. The lowest BCUT2D eigenvalue weighted by Gasteiger charge is -2.16. The third-order valence-corrected chi connectivity index (χ3v) is 8.58. The van der Waals surface area contributed by atoms with Gasteiger partial charge in [0.1, 0.15) is 6.07 Å². The van der Waals surface area contributed by atoms with Gasteiger partial charge in [0.05, 0.1) is 47.5 Å². The number of fused-ring (bicyclic) bond motifs is 1. The van der Waals surface area contributed by atoms with Gasteiger partial charge in [-0.15, -0.1) is 0 Å². The Morgan fingerprint density at radius 2 is 1.98 bits per heavy atom. The smallest absolute Gasteiger partial charge is 0.208 e. The molecule has 0 atom stereocenters. The first-order valence-corrected chi connectivity index (χ1v) is 15.9. The third-order valence-electron chi connectivity index (χ3n) is 6.36. The molecular weight excluding hydrogens is 584 g/mol. The number of hydrogen-bond acceptors (Lipinski definition) is 9. The Balaban J connectivity index is 1.59. The second-order valence-electron chi connectivity index (χ2n) is 9.23. The van der Waals surface area contributed by atoms with Gasteiger partial charge in [-0.05, 0) is 51.5 Å². The minimum Gasteiger partial charge on any atom is -0.493 e. The fourth-order valence-corrected chi connectivity index (χ4v) is 6.04. The predicted molar refractivity (Wildman–Crippen MR) is 162 cm³/mol. The number of nitrogens with one attached hydrogen (secondary N) is 2. The van der Waals surface area contributed by atoms with Crippen molar-refractivity contribution in [3.05, 3.63) is 58.5 Å². The molecular formula is C28H31ClN6O4S2. The number of rotatable bonds is 12. The molecule has 0 aliphatic rings. The summed E-state index contributed by atoms with van der Waals surface area (Å²) in [6.45, 7) is 7.48. The Morgan fingerprint density at radius 3 is 2.63 bits per heavy atom. The molecule has 2 heterocycles. The largest absolute Gasteiger partial charge is 0.493 e. The van der Waals surface area contributed by atoms with Crippen LogP contribution >= 0.6 is 23.4 Å². The first kappa shape index (κ1) is 30.5. The molecule has 0 unspecified atom stereocenters. The van der Waals surface area contributed by atoms with E-state index in [1.807, 2.05) is 25.1 Å². The van der Waals surface area contributed by atoms with Crippen LogP contribution in [0.2, 0.25) is 5.02 Å². The van der Waals surface area contributed by atoms with Crippen LogP contribution in [-0.4, -0.2) is 49.5 Å². The van der Waals surface area contributed by atoms with Crippen LogP contribution in [-0.2, 0) is 16.6 Å². The number of hydrogen-bond donors (Lipinski definition) is 2. The van der Waals surface area contributed by atoms with E-state index in [9.17, 15) is 13.7 Å². The summed E-state index contributed by atoms with van der Waals surface area (Å²) in [6, 6.07) is 11.3. The molecule has 0 saturated heterocycles. The normalized spacial score (nSPS) is 11.4. The van der Waals surface area contributed by atoms with E-state index in [1.165, 1.54) is 25.1 Å². The van der Waals surface area contributed by atoms with E-state index in [0.717, 1.165) is 34.2 Å². The molecule has 2 aromatic heterocycles. The molecule has 41 heavy (non-hydrogen) atoms. The van der Waals surface area contributed by atoms with E-state index in [1.54, 1.807) is 12.1 Å². The summed E-state index contributed by atoms with van der Waals surface area (Å²) in [6.07, 6.45) is 3.08. The van der Waals surface area contributed by atoms with Gasteiger partial charge in [-0.2, -0.15) is 5.26 Å². The number of methoxy groups -OCH3 is 1. The van der Waals surface area contributed by atoms with E-state index in [2.05, 4.69) is 44.5 Å². The molecule has 0 aliphatic carbocycles. The molecule has 0 saturated carbocycles. The van der Waals surface area contributed by atoms with Crippen molar-refractivity contribution in [1.82, 2.24) is 19.3 Å². The first-order valence-electron chi connectivity index (χ1n) is 12.8. The van der Waals surface area contributed by atoms with Crippen molar-refractivity contribution < 1.29 is 17.9 Å². The third kappa shape index (κ3) is 7.23. The fraction of sp³-hybridized carbons (Fsp3) is 0.321. The van der Waals surface area contributed by atoms with Crippen molar-refractivity contribution in [2.24, 2.45) is 0 Å². The van der Waals surface area contributed by atoms with Crippen LogP contribution in [0.4, 0.5) is 11.4 Å². The van der Waals surface area contributed by atoms with Crippen LogP contribution in [0.15, 0.2) is 46.6 Å². The number of aromatic nitrogens is 3. The van der Waals surface area contributed by atoms with Crippen LogP contribution in [0, 0.1) is 25.2 Å². The quantitative estimate of drug-likeness (QED) is 0.190. The molecule has 2 aromatic carbocycles. The van der Waals surface area contributed by atoms with E-state index in [4.69, 9.17) is 21.1 Å². The lowest BCUT2D eigenvalue weighted by molar-refractivity contribution is 0.290. The molecule has 0 bridgehead atoms. The average molecular weight is 615 g/mol. The molecule has 0 amide bonds. The topological polar surface area (TPSA) is 131 Å². The van der Waals surface area contributed by atoms with Gasteiger partial charge in [-0.1, -0.05) is 23.4 Å². The average Bonchev–Trinajstić information content (AvgIpc) is 3.20. The number of imidazole rings is 1. The molecule has 216 valence electrons. The maximum atomic E-state index is 11.3. The molecule has 0 aliphatic heterocycles. The van der Waals surface area contributed by atoms with Crippen molar-refractivity contribution in [1.29, 1.82) is 5.26 Å². The number of pyridine rings is 1. The number of benzene rings is 2. The van der Waals surface area contributed by atoms with Crippen molar-refractivity contribution in [3.63, 3.8) is 0 Å². The van der Waals surface area contributed by atoms with Crippen LogP contribution in [0.1, 0.15) is 30.3 Å². The van der Waals surface area contributed by atoms with E-state index in [0.29, 0.717) is 50.8 Å². The second-order valence-corrected chi connectivity index (χ2v) is 12.5. The van der Waals surface area contributed by atoms with Gasteiger partial charge in [0.2, 0.25) is 10.0 Å². The number of aryl methyl sites for hydroxylation is 1. The summed E-state index contributed by atoms with van der Waals surface area (Å²) in [4.78, 5) is 9.99. The highest BCUT2D eigenvalue weighted by Crippen LogP contribution is 2.39. The van der Waals surface area contributed by atoms with Crippen LogP contribution in [0.25, 0.3) is 10.9 Å². The van der Waals surface area contributed by atoms with E-state index in [-0.39, 0.29) is 13.2 Å². The molecule has 0 radical (unpaired) electrons. The number of anilines is 2. The minimum absolute atomic E-state index is 0.258. The van der Waals surface area contributed by atoms with Crippen LogP contribution in [0.3, 0.4) is 0 Å². The van der Waals surface area contributed by atoms with Crippen molar-refractivity contribution >= 4 is 55.7 Å². The van der Waals surface area contributed by atoms with Gasteiger partial charge >= 0.3 is 0 Å². The van der Waals surface area contributed by atoms with Gasteiger partial charge in [0.15, 0.2) is 16.7 Å².